The molecule has 0 aliphatic rings. The maximum Gasteiger partial charge on any atom is 0.356 e. The van der Waals surface area contributed by atoms with Crippen molar-refractivity contribution >= 4 is 40.6 Å². The number of carbonyl (C=O) groups is 2. The monoisotopic (exact) mass is 325 g/mol. The molecule has 2 amide bonds. The van der Waals surface area contributed by atoms with Crippen LogP contribution in [0.3, 0.4) is 0 Å². The summed E-state index contributed by atoms with van der Waals surface area (Å²) in [6.07, 6.45) is 1.36. The summed E-state index contributed by atoms with van der Waals surface area (Å²) < 4.78 is 0.652. The Morgan fingerprint density at radius 3 is 2.81 bits per heavy atom. The van der Waals surface area contributed by atoms with E-state index in [1.807, 2.05) is 6.07 Å². The summed E-state index contributed by atoms with van der Waals surface area (Å²) in [5.41, 5.74) is -0.0375. The van der Waals surface area contributed by atoms with Gasteiger partial charge >= 0.3 is 12.0 Å². The van der Waals surface area contributed by atoms with Gasteiger partial charge in [0.15, 0.2) is 5.69 Å². The van der Waals surface area contributed by atoms with Crippen LogP contribution in [0, 0.1) is 0 Å². The van der Waals surface area contributed by atoms with Crippen LogP contribution in [0.1, 0.15) is 15.4 Å². The fraction of sp³-hybridized carbons (Fsp3) is 0.154. The number of nitrogens with one attached hydrogen (secondary N) is 1. The molecular formula is C13H12ClN3O3S. The fourth-order valence-electron chi connectivity index (χ4n) is 1.63. The van der Waals surface area contributed by atoms with Gasteiger partial charge in [0.05, 0.1) is 16.6 Å². The zero-order valence-corrected chi connectivity index (χ0v) is 12.6. The number of rotatable bonds is 4. The Hall–Kier alpha value is -2.12. The van der Waals surface area contributed by atoms with Gasteiger partial charge in [0, 0.05) is 18.1 Å². The first-order valence-corrected chi connectivity index (χ1v) is 7.11. The highest BCUT2D eigenvalue weighted by Crippen LogP contribution is 2.22. The number of hydrogen-bond donors (Lipinski definition) is 2. The molecule has 2 aromatic rings. The third kappa shape index (κ3) is 3.93. The lowest BCUT2D eigenvalue weighted by molar-refractivity contribution is 0.0691. The molecule has 2 aromatic heterocycles. The van der Waals surface area contributed by atoms with Crippen molar-refractivity contribution in [2.45, 2.75) is 6.54 Å². The van der Waals surface area contributed by atoms with Gasteiger partial charge in [-0.15, -0.1) is 11.3 Å². The van der Waals surface area contributed by atoms with E-state index in [0.717, 1.165) is 4.88 Å². The molecule has 21 heavy (non-hydrogen) atoms. The van der Waals surface area contributed by atoms with Gasteiger partial charge in [-0.05, 0) is 24.3 Å². The third-order valence-electron chi connectivity index (χ3n) is 2.62. The van der Waals surface area contributed by atoms with Crippen LogP contribution in [0.4, 0.5) is 10.5 Å². The zero-order valence-electron chi connectivity index (χ0n) is 11.0. The van der Waals surface area contributed by atoms with Crippen LogP contribution in [-0.2, 0) is 6.54 Å². The van der Waals surface area contributed by atoms with Crippen LogP contribution in [0.2, 0.25) is 4.34 Å². The summed E-state index contributed by atoms with van der Waals surface area (Å²) in [4.78, 5) is 29.2. The van der Waals surface area contributed by atoms with Crippen molar-refractivity contribution < 1.29 is 14.7 Å². The van der Waals surface area contributed by atoms with E-state index in [9.17, 15) is 9.59 Å². The first kappa shape index (κ1) is 15.3. The number of pyridine rings is 1. The second-order valence-corrected chi connectivity index (χ2v) is 6.00. The van der Waals surface area contributed by atoms with Crippen LogP contribution in [0.25, 0.3) is 0 Å². The Balaban J connectivity index is 2.05. The van der Waals surface area contributed by atoms with Crippen LogP contribution in [-0.4, -0.2) is 34.0 Å². The zero-order chi connectivity index (χ0) is 15.4. The third-order valence-corrected chi connectivity index (χ3v) is 3.84. The lowest BCUT2D eigenvalue weighted by atomic mass is 10.3. The molecule has 0 bridgehead atoms. The summed E-state index contributed by atoms with van der Waals surface area (Å²) in [7, 11) is 1.61. The number of aromatic carboxylic acids is 1. The van der Waals surface area contributed by atoms with Crippen molar-refractivity contribution in [3.8, 4) is 0 Å². The minimum Gasteiger partial charge on any atom is -0.476 e. The highest BCUT2D eigenvalue weighted by atomic mass is 35.5. The van der Waals surface area contributed by atoms with E-state index in [1.165, 1.54) is 28.5 Å². The topological polar surface area (TPSA) is 82.5 Å². The predicted molar refractivity (Wildman–Crippen MR) is 81.0 cm³/mol. The molecule has 0 saturated carbocycles. The number of nitrogens with zero attached hydrogens (tertiary/aromatic N) is 2. The Morgan fingerprint density at radius 1 is 1.43 bits per heavy atom. The fourth-order valence-corrected chi connectivity index (χ4v) is 2.77. The predicted octanol–water partition coefficient (Wildman–Crippen LogP) is 3.16. The van der Waals surface area contributed by atoms with Crippen molar-refractivity contribution in [3.05, 3.63) is 45.4 Å². The Morgan fingerprint density at radius 2 is 2.19 bits per heavy atom. The van der Waals surface area contributed by atoms with Gasteiger partial charge in [0.25, 0.3) is 0 Å². The normalized spacial score (nSPS) is 10.2. The number of amides is 2. The minimum absolute atomic E-state index is 0.158. The van der Waals surface area contributed by atoms with Crippen LogP contribution < -0.4 is 5.32 Å². The smallest absolute Gasteiger partial charge is 0.356 e. The van der Waals surface area contributed by atoms with Crippen LogP contribution >= 0.6 is 22.9 Å². The molecule has 0 atom stereocenters. The van der Waals surface area contributed by atoms with E-state index in [2.05, 4.69) is 10.3 Å². The molecule has 6 nitrogen and oxygen atoms in total. The van der Waals surface area contributed by atoms with Crippen molar-refractivity contribution in [2.75, 3.05) is 12.4 Å². The molecule has 110 valence electrons. The number of halogens is 1. The van der Waals surface area contributed by atoms with E-state index in [4.69, 9.17) is 16.7 Å². The highest BCUT2D eigenvalue weighted by Gasteiger charge is 2.16. The van der Waals surface area contributed by atoms with Gasteiger partial charge in [0.2, 0.25) is 0 Å². The number of carboxylic acids is 1. The quantitative estimate of drug-likeness (QED) is 0.904. The maximum atomic E-state index is 12.1. The Kier molecular flexibility index (Phi) is 4.77. The first-order valence-electron chi connectivity index (χ1n) is 5.92. The molecule has 0 fully saturated rings. The van der Waals surface area contributed by atoms with Gasteiger partial charge in [-0.2, -0.15) is 0 Å². The second kappa shape index (κ2) is 6.55. The van der Waals surface area contributed by atoms with Crippen molar-refractivity contribution in [1.82, 2.24) is 9.88 Å². The summed E-state index contributed by atoms with van der Waals surface area (Å²) >= 11 is 7.22. The van der Waals surface area contributed by atoms with Crippen molar-refractivity contribution in [3.63, 3.8) is 0 Å². The van der Waals surface area contributed by atoms with Crippen molar-refractivity contribution in [1.29, 1.82) is 0 Å². The number of aromatic nitrogens is 1. The first-order chi connectivity index (χ1) is 9.97. The molecule has 0 unspecified atom stereocenters. The number of carbonyl (C=O) groups excluding carboxylic acids is 1. The number of carboxylic acid groups (broad SMARTS) is 1. The van der Waals surface area contributed by atoms with Gasteiger partial charge in [-0.25, -0.2) is 14.6 Å². The summed E-state index contributed by atoms with van der Waals surface area (Å²) in [5, 5.41) is 11.5. The summed E-state index contributed by atoms with van der Waals surface area (Å²) in [5.74, 6) is -1.20. The summed E-state index contributed by atoms with van der Waals surface area (Å²) in [6.45, 7) is 0.381. The van der Waals surface area contributed by atoms with Gasteiger partial charge in [0.1, 0.15) is 0 Å². The molecule has 2 rings (SSSR count). The number of urea groups is 1. The summed E-state index contributed by atoms with van der Waals surface area (Å²) in [6, 6.07) is 6.22. The maximum absolute atomic E-state index is 12.1. The molecule has 0 aromatic carbocycles. The standard InChI is InChI=1S/C13H12ClN3O3S/c1-17(7-8-4-5-10(14)21-8)13(20)16-9-3-2-6-15-11(9)12(18)19/h2-6H,7H2,1H3,(H,16,20)(H,18,19). The van der Waals surface area contributed by atoms with E-state index in [-0.39, 0.29) is 11.4 Å². The average molecular weight is 326 g/mol. The minimum atomic E-state index is -1.20. The van der Waals surface area contributed by atoms with E-state index in [0.29, 0.717) is 10.9 Å². The number of thiophene rings is 1. The van der Waals surface area contributed by atoms with Gasteiger partial charge < -0.3 is 15.3 Å². The van der Waals surface area contributed by atoms with Gasteiger partial charge in [-0.3, -0.25) is 0 Å². The van der Waals surface area contributed by atoms with Gasteiger partial charge in [-0.1, -0.05) is 11.6 Å². The molecule has 2 heterocycles. The molecule has 0 saturated heterocycles. The largest absolute Gasteiger partial charge is 0.476 e. The lowest BCUT2D eigenvalue weighted by Crippen LogP contribution is -2.31. The molecule has 0 aliphatic carbocycles. The van der Waals surface area contributed by atoms with E-state index < -0.39 is 12.0 Å². The molecule has 0 radical (unpaired) electrons. The molecule has 8 heteroatoms. The number of anilines is 1. The van der Waals surface area contributed by atoms with E-state index in [1.54, 1.807) is 19.2 Å². The second-order valence-electron chi connectivity index (χ2n) is 4.20. The highest BCUT2D eigenvalue weighted by molar-refractivity contribution is 7.16. The lowest BCUT2D eigenvalue weighted by Gasteiger charge is -2.17. The Labute approximate surface area is 130 Å². The SMILES string of the molecule is CN(Cc1ccc(Cl)s1)C(=O)Nc1cccnc1C(=O)O. The molecule has 0 spiro atoms. The molecule has 0 aliphatic heterocycles. The number of hydrogen-bond acceptors (Lipinski definition) is 4. The average Bonchev–Trinajstić information content (AvgIpc) is 2.84. The van der Waals surface area contributed by atoms with Crippen LogP contribution in [0.15, 0.2) is 30.5 Å². The Bertz CT molecular complexity index is 674. The van der Waals surface area contributed by atoms with Crippen LogP contribution in [0.5, 0.6) is 0 Å². The van der Waals surface area contributed by atoms with Crippen molar-refractivity contribution in [2.24, 2.45) is 0 Å². The molecule has 2 N–H and O–H groups in total. The van der Waals surface area contributed by atoms with E-state index >= 15 is 0 Å². The molecular weight excluding hydrogens is 314 g/mol.